The van der Waals surface area contributed by atoms with Gasteiger partial charge in [0.05, 0.1) is 17.1 Å². The van der Waals surface area contributed by atoms with Crippen LogP contribution in [0.15, 0.2) is 59.1 Å². The maximum absolute atomic E-state index is 12.5. The van der Waals surface area contributed by atoms with Gasteiger partial charge in [0, 0.05) is 18.1 Å². The van der Waals surface area contributed by atoms with E-state index in [-0.39, 0.29) is 5.91 Å². The van der Waals surface area contributed by atoms with Crippen LogP contribution in [0.5, 0.6) is 0 Å². The van der Waals surface area contributed by atoms with Crippen LogP contribution in [0.2, 0.25) is 0 Å². The van der Waals surface area contributed by atoms with Gasteiger partial charge in [0.25, 0.3) is 0 Å². The minimum atomic E-state index is -0.0469. The van der Waals surface area contributed by atoms with E-state index in [4.69, 9.17) is 4.98 Å². The number of hydrogen-bond donors (Lipinski definition) is 0. The van der Waals surface area contributed by atoms with Crippen molar-refractivity contribution in [3.63, 3.8) is 0 Å². The molecule has 0 aliphatic rings. The highest BCUT2D eigenvalue weighted by atomic mass is 32.2. The van der Waals surface area contributed by atoms with Gasteiger partial charge in [0.2, 0.25) is 5.91 Å². The summed E-state index contributed by atoms with van der Waals surface area (Å²) in [5.41, 5.74) is 5.17. The number of amides is 1. The van der Waals surface area contributed by atoms with Crippen LogP contribution in [-0.2, 0) is 17.0 Å². The van der Waals surface area contributed by atoms with Gasteiger partial charge in [0.15, 0.2) is 10.3 Å². The molecule has 0 aliphatic heterocycles. The summed E-state index contributed by atoms with van der Waals surface area (Å²) >= 11 is 3.07. The lowest BCUT2D eigenvalue weighted by atomic mass is 10.1. The number of benzene rings is 2. The van der Waals surface area contributed by atoms with Crippen molar-refractivity contribution in [2.75, 3.05) is 4.90 Å². The van der Waals surface area contributed by atoms with Gasteiger partial charge in [-0.3, -0.25) is 14.3 Å². The molecule has 2 heterocycles. The number of anilines is 2. The Morgan fingerprint density at radius 1 is 1.09 bits per heavy atom. The molecular weight excluding hydrogens is 438 g/mol. The number of carbonyl (C=O) groups is 1. The first-order chi connectivity index (χ1) is 15.5. The second-order valence-corrected chi connectivity index (χ2v) is 9.18. The van der Waals surface area contributed by atoms with Crippen LogP contribution in [0.1, 0.15) is 36.5 Å². The fourth-order valence-corrected chi connectivity index (χ4v) is 5.44. The first-order valence-corrected chi connectivity index (χ1v) is 12.3. The molecule has 0 aliphatic carbocycles. The maximum atomic E-state index is 12.5. The number of carbonyl (C=O) groups excluding carboxylic acids is 1. The van der Waals surface area contributed by atoms with E-state index in [2.05, 4.69) is 46.8 Å². The third-order valence-electron chi connectivity index (χ3n) is 5.16. The van der Waals surface area contributed by atoms with E-state index in [1.807, 2.05) is 42.6 Å². The number of aryl methyl sites for hydroxylation is 3. The molecule has 8 heteroatoms. The molecule has 0 atom stereocenters. The second kappa shape index (κ2) is 9.67. The molecule has 2 aromatic carbocycles. The summed E-state index contributed by atoms with van der Waals surface area (Å²) in [6.07, 6.45) is 0.849. The largest absolute Gasteiger partial charge is 0.274 e. The molecule has 0 unspecified atom stereocenters. The Morgan fingerprint density at radius 3 is 2.59 bits per heavy atom. The number of aromatic nitrogens is 4. The zero-order valence-corrected chi connectivity index (χ0v) is 20.2. The van der Waals surface area contributed by atoms with E-state index in [9.17, 15) is 4.79 Å². The Balaban J connectivity index is 1.57. The summed E-state index contributed by atoms with van der Waals surface area (Å²) in [7, 11) is 0. The highest BCUT2D eigenvalue weighted by molar-refractivity contribution is 7.98. The molecule has 0 saturated carbocycles. The molecule has 164 valence electrons. The third kappa shape index (κ3) is 4.47. The molecule has 0 bridgehead atoms. The van der Waals surface area contributed by atoms with Crippen molar-refractivity contribution in [1.29, 1.82) is 0 Å². The fraction of sp³-hybridized carbons (Fsp3) is 0.250. The van der Waals surface area contributed by atoms with E-state index >= 15 is 0 Å². The highest BCUT2D eigenvalue weighted by Crippen LogP contribution is 2.33. The SMILES string of the molecule is CCc1ccccc1N(C(C)=O)c1nc(CSc2nnc(C)n2-c2ccccc2C)cs1. The molecule has 0 fully saturated rings. The van der Waals surface area contributed by atoms with E-state index in [1.165, 1.54) is 16.9 Å². The molecule has 0 N–H and O–H groups in total. The lowest BCUT2D eigenvalue weighted by molar-refractivity contribution is -0.115. The molecule has 0 saturated heterocycles. The number of para-hydroxylation sites is 2. The standard InChI is InChI=1S/C24H25N5OS2/c1-5-19-11-7-9-13-22(19)29(18(4)30)23-25-20(14-31-23)15-32-24-27-26-17(3)28(24)21-12-8-6-10-16(21)2/h6-14H,5,15H2,1-4H3. The van der Waals surface area contributed by atoms with Crippen LogP contribution in [-0.4, -0.2) is 25.7 Å². The molecule has 4 aromatic rings. The molecule has 6 nitrogen and oxygen atoms in total. The van der Waals surface area contributed by atoms with E-state index in [0.29, 0.717) is 10.9 Å². The first-order valence-electron chi connectivity index (χ1n) is 10.4. The monoisotopic (exact) mass is 463 g/mol. The lowest BCUT2D eigenvalue weighted by Crippen LogP contribution is -2.23. The third-order valence-corrected chi connectivity index (χ3v) is 7.00. The van der Waals surface area contributed by atoms with Crippen molar-refractivity contribution >= 4 is 39.8 Å². The Labute approximate surface area is 196 Å². The normalized spacial score (nSPS) is 11.0. The number of thiazole rings is 1. The first kappa shape index (κ1) is 22.2. The van der Waals surface area contributed by atoms with Crippen molar-refractivity contribution in [3.05, 3.63) is 76.6 Å². The minimum Gasteiger partial charge on any atom is -0.274 e. The molecule has 0 spiro atoms. The molecule has 2 aromatic heterocycles. The minimum absolute atomic E-state index is 0.0469. The number of rotatable bonds is 7. The summed E-state index contributed by atoms with van der Waals surface area (Å²) in [6, 6.07) is 16.2. The average Bonchev–Trinajstić information content (AvgIpc) is 3.39. The van der Waals surface area contributed by atoms with Gasteiger partial charge in [-0.05, 0) is 43.5 Å². The predicted molar refractivity (Wildman–Crippen MR) is 131 cm³/mol. The van der Waals surface area contributed by atoms with Gasteiger partial charge in [-0.15, -0.1) is 21.5 Å². The summed E-state index contributed by atoms with van der Waals surface area (Å²) in [6.45, 7) is 7.71. The number of hydrogen-bond acceptors (Lipinski definition) is 6. The lowest BCUT2D eigenvalue weighted by Gasteiger charge is -2.20. The Bertz CT molecular complexity index is 1250. The summed E-state index contributed by atoms with van der Waals surface area (Å²) < 4.78 is 2.08. The van der Waals surface area contributed by atoms with E-state index in [1.54, 1.807) is 23.6 Å². The summed E-state index contributed by atoms with van der Waals surface area (Å²) in [5.74, 6) is 1.44. The van der Waals surface area contributed by atoms with Crippen molar-refractivity contribution in [2.24, 2.45) is 0 Å². The molecule has 32 heavy (non-hydrogen) atoms. The predicted octanol–water partition coefficient (Wildman–Crippen LogP) is 5.88. The van der Waals surface area contributed by atoms with Crippen LogP contribution in [0, 0.1) is 13.8 Å². The van der Waals surface area contributed by atoms with Gasteiger partial charge in [0.1, 0.15) is 5.82 Å². The Morgan fingerprint density at radius 2 is 1.84 bits per heavy atom. The summed E-state index contributed by atoms with van der Waals surface area (Å²) in [4.78, 5) is 19.0. The highest BCUT2D eigenvalue weighted by Gasteiger charge is 2.21. The number of thioether (sulfide) groups is 1. The van der Waals surface area contributed by atoms with Crippen molar-refractivity contribution in [1.82, 2.24) is 19.7 Å². The van der Waals surface area contributed by atoms with Crippen molar-refractivity contribution < 1.29 is 4.79 Å². The van der Waals surface area contributed by atoms with E-state index < -0.39 is 0 Å². The van der Waals surface area contributed by atoms with Crippen LogP contribution in [0.4, 0.5) is 10.8 Å². The van der Waals surface area contributed by atoms with Gasteiger partial charge in [-0.2, -0.15) is 0 Å². The quantitative estimate of drug-likeness (QED) is 0.320. The van der Waals surface area contributed by atoms with Crippen LogP contribution in [0.3, 0.4) is 0 Å². The average molecular weight is 464 g/mol. The molecular formula is C24H25N5OS2. The van der Waals surface area contributed by atoms with Crippen LogP contribution >= 0.6 is 23.1 Å². The molecule has 0 radical (unpaired) electrons. The second-order valence-electron chi connectivity index (χ2n) is 7.40. The van der Waals surface area contributed by atoms with Crippen molar-refractivity contribution in [3.8, 4) is 5.69 Å². The zero-order chi connectivity index (χ0) is 22.7. The van der Waals surface area contributed by atoms with Gasteiger partial charge < -0.3 is 0 Å². The van der Waals surface area contributed by atoms with Gasteiger partial charge in [-0.1, -0.05) is 55.1 Å². The fourth-order valence-electron chi connectivity index (χ4n) is 3.57. The van der Waals surface area contributed by atoms with Gasteiger partial charge >= 0.3 is 0 Å². The van der Waals surface area contributed by atoms with Crippen LogP contribution < -0.4 is 4.90 Å². The maximum Gasteiger partial charge on any atom is 0.230 e. The molecule has 4 rings (SSSR count). The van der Waals surface area contributed by atoms with Gasteiger partial charge in [-0.25, -0.2) is 4.98 Å². The van der Waals surface area contributed by atoms with E-state index in [0.717, 1.165) is 40.0 Å². The smallest absolute Gasteiger partial charge is 0.230 e. The van der Waals surface area contributed by atoms with Crippen molar-refractivity contribution in [2.45, 2.75) is 45.0 Å². The summed E-state index contributed by atoms with van der Waals surface area (Å²) in [5, 5.41) is 12.2. The Kier molecular flexibility index (Phi) is 6.72. The molecule has 1 amide bonds. The number of nitrogens with zero attached hydrogens (tertiary/aromatic N) is 5. The Hall–Kier alpha value is -2.97. The topological polar surface area (TPSA) is 63.9 Å². The zero-order valence-electron chi connectivity index (χ0n) is 18.6. The van der Waals surface area contributed by atoms with Crippen LogP contribution in [0.25, 0.3) is 5.69 Å².